The van der Waals surface area contributed by atoms with E-state index >= 15 is 0 Å². The number of likely N-dealkylation sites (tertiary alicyclic amines) is 1. The van der Waals surface area contributed by atoms with Gasteiger partial charge in [0, 0.05) is 5.02 Å². The Morgan fingerprint density at radius 2 is 1.48 bits per heavy atom. The third-order valence-corrected chi connectivity index (χ3v) is 5.36. The predicted octanol–water partition coefficient (Wildman–Crippen LogP) is 3.04. The molecule has 1 aromatic carbocycles. The Morgan fingerprint density at radius 3 is 1.95 bits per heavy atom. The predicted molar refractivity (Wildman–Crippen MR) is 79.3 cm³/mol. The smallest absolute Gasteiger partial charge is 0.234 e. The Labute approximate surface area is 128 Å². The van der Waals surface area contributed by atoms with Gasteiger partial charge in [-0.15, -0.1) is 0 Å². The summed E-state index contributed by atoms with van der Waals surface area (Å²) in [6, 6.07) is 7.33. The van der Waals surface area contributed by atoms with Crippen LogP contribution in [0.15, 0.2) is 36.4 Å². The molecule has 108 valence electrons. The highest BCUT2D eigenvalue weighted by molar-refractivity contribution is 6.30. The monoisotopic (exact) mass is 301 g/mol. The van der Waals surface area contributed by atoms with Crippen molar-refractivity contribution < 1.29 is 9.59 Å². The van der Waals surface area contributed by atoms with Crippen LogP contribution in [0.4, 0.5) is 0 Å². The van der Waals surface area contributed by atoms with Gasteiger partial charge in [-0.2, -0.15) is 0 Å². The molecule has 0 unspecified atom stereocenters. The second kappa shape index (κ2) is 4.70. The van der Waals surface area contributed by atoms with Crippen molar-refractivity contribution in [3.8, 4) is 0 Å². The second-order valence-corrected chi connectivity index (χ2v) is 6.67. The lowest BCUT2D eigenvalue weighted by Gasteiger charge is -2.38. The van der Waals surface area contributed by atoms with E-state index in [1.165, 1.54) is 4.90 Å². The number of hydrogen-bond donors (Lipinski definition) is 0. The quantitative estimate of drug-likeness (QED) is 0.622. The normalized spacial score (nSPS) is 33.7. The molecule has 2 amide bonds. The summed E-state index contributed by atoms with van der Waals surface area (Å²) in [4.78, 5) is 26.8. The summed E-state index contributed by atoms with van der Waals surface area (Å²) in [5.41, 5.74) is 0.944. The Bertz CT molecular complexity index is 605. The van der Waals surface area contributed by atoms with E-state index < -0.39 is 0 Å². The molecule has 4 atom stereocenters. The molecule has 0 N–H and O–H groups in total. The lowest BCUT2D eigenvalue weighted by molar-refractivity contribution is -0.140. The van der Waals surface area contributed by atoms with E-state index in [-0.39, 0.29) is 35.5 Å². The molecule has 1 saturated carbocycles. The van der Waals surface area contributed by atoms with Crippen molar-refractivity contribution in [1.82, 2.24) is 4.90 Å². The summed E-state index contributed by atoms with van der Waals surface area (Å²) in [6.45, 7) is 0.362. The van der Waals surface area contributed by atoms with Gasteiger partial charge in [-0.1, -0.05) is 35.9 Å². The zero-order valence-corrected chi connectivity index (χ0v) is 12.3. The molecular formula is C17H16ClNO2. The zero-order chi connectivity index (χ0) is 14.6. The number of benzene rings is 1. The van der Waals surface area contributed by atoms with Gasteiger partial charge in [0.25, 0.3) is 0 Å². The van der Waals surface area contributed by atoms with Crippen LogP contribution in [0.1, 0.15) is 18.4 Å². The minimum atomic E-state index is -0.117. The number of fused-ring (bicyclic) bond motifs is 1. The van der Waals surface area contributed by atoms with Crippen LogP contribution >= 0.6 is 11.6 Å². The number of rotatable bonds is 2. The summed E-state index contributed by atoms with van der Waals surface area (Å²) in [7, 11) is 0. The molecule has 0 spiro atoms. The average molecular weight is 302 g/mol. The van der Waals surface area contributed by atoms with Crippen molar-refractivity contribution in [3.05, 3.63) is 47.0 Å². The third kappa shape index (κ3) is 1.95. The van der Waals surface area contributed by atoms with Gasteiger partial charge in [0.05, 0.1) is 18.4 Å². The molecule has 2 bridgehead atoms. The Hall–Kier alpha value is -1.61. The van der Waals surface area contributed by atoms with Crippen LogP contribution in [0.2, 0.25) is 5.02 Å². The fourth-order valence-electron chi connectivity index (χ4n) is 4.06. The topological polar surface area (TPSA) is 37.4 Å². The first kappa shape index (κ1) is 13.1. The summed E-state index contributed by atoms with van der Waals surface area (Å²) < 4.78 is 0. The lowest BCUT2D eigenvalue weighted by atomic mass is 9.63. The molecule has 1 aliphatic heterocycles. The number of hydrogen-bond acceptors (Lipinski definition) is 2. The van der Waals surface area contributed by atoms with E-state index in [1.54, 1.807) is 12.1 Å². The van der Waals surface area contributed by atoms with Crippen molar-refractivity contribution in [3.63, 3.8) is 0 Å². The fraction of sp³-hybridized carbons (Fsp3) is 0.412. The first-order chi connectivity index (χ1) is 10.1. The van der Waals surface area contributed by atoms with Gasteiger partial charge in [-0.3, -0.25) is 14.5 Å². The van der Waals surface area contributed by atoms with Crippen LogP contribution in [0, 0.1) is 23.7 Å². The van der Waals surface area contributed by atoms with Crippen LogP contribution in [0.3, 0.4) is 0 Å². The number of nitrogens with zero attached hydrogens (tertiary/aromatic N) is 1. The van der Waals surface area contributed by atoms with Crippen molar-refractivity contribution in [1.29, 1.82) is 0 Å². The van der Waals surface area contributed by atoms with Gasteiger partial charge in [0.2, 0.25) is 11.8 Å². The Balaban J connectivity index is 1.61. The SMILES string of the molecule is O=C1[C@@H]2[C@H](C(=O)N1Cc1ccc(Cl)cc1)[C@@H]1C=C[C@H]2CC1. The number of imide groups is 1. The second-order valence-electron chi connectivity index (χ2n) is 6.23. The van der Waals surface area contributed by atoms with Crippen molar-refractivity contribution in [2.45, 2.75) is 19.4 Å². The van der Waals surface area contributed by atoms with Crippen LogP contribution in [-0.4, -0.2) is 16.7 Å². The summed E-state index contributed by atoms with van der Waals surface area (Å²) in [5, 5.41) is 0.661. The number of carbonyl (C=O) groups excluding carboxylic acids is 2. The van der Waals surface area contributed by atoms with Gasteiger partial charge in [-0.05, 0) is 42.4 Å². The maximum absolute atomic E-state index is 12.7. The lowest BCUT2D eigenvalue weighted by Crippen LogP contribution is -2.38. The van der Waals surface area contributed by atoms with E-state index in [1.807, 2.05) is 12.1 Å². The number of amides is 2. The third-order valence-electron chi connectivity index (χ3n) is 5.10. The molecule has 1 heterocycles. The number of carbonyl (C=O) groups is 2. The molecule has 3 nitrogen and oxygen atoms in total. The standard InChI is InChI=1S/C17H16ClNO2/c18-13-7-1-10(2-8-13)9-19-16(20)14-11-3-4-12(6-5-11)15(14)17(19)21/h1-4,7-8,11-12,14-15H,5-6,9H2/t11-,12+,14-,15+. The fourth-order valence-corrected chi connectivity index (χ4v) is 4.19. The first-order valence-corrected chi connectivity index (χ1v) is 7.81. The highest BCUT2D eigenvalue weighted by Crippen LogP contribution is 2.49. The minimum absolute atomic E-state index is 0.0130. The number of allylic oxidation sites excluding steroid dienone is 2. The van der Waals surface area contributed by atoms with Crippen molar-refractivity contribution in [2.75, 3.05) is 0 Å². The van der Waals surface area contributed by atoms with Crippen LogP contribution in [0.25, 0.3) is 0 Å². The van der Waals surface area contributed by atoms with E-state index in [2.05, 4.69) is 12.2 Å². The highest BCUT2D eigenvalue weighted by atomic mass is 35.5. The zero-order valence-electron chi connectivity index (χ0n) is 11.5. The van der Waals surface area contributed by atoms with E-state index in [9.17, 15) is 9.59 Å². The maximum Gasteiger partial charge on any atom is 0.234 e. The van der Waals surface area contributed by atoms with Gasteiger partial charge in [0.15, 0.2) is 0 Å². The molecule has 0 aromatic heterocycles. The molecule has 21 heavy (non-hydrogen) atoms. The molecule has 4 aliphatic rings. The number of halogens is 1. The maximum atomic E-state index is 12.7. The molecule has 5 rings (SSSR count). The summed E-state index contributed by atoms with van der Waals surface area (Å²) in [5.74, 6) is 0.304. The highest BCUT2D eigenvalue weighted by Gasteiger charge is 2.56. The van der Waals surface area contributed by atoms with Gasteiger partial charge in [0.1, 0.15) is 0 Å². The van der Waals surface area contributed by atoms with Crippen LogP contribution < -0.4 is 0 Å². The first-order valence-electron chi connectivity index (χ1n) is 7.43. The van der Waals surface area contributed by atoms with Crippen LogP contribution in [0.5, 0.6) is 0 Å². The molecular weight excluding hydrogens is 286 g/mol. The minimum Gasteiger partial charge on any atom is -0.278 e. The molecule has 1 aromatic rings. The Morgan fingerprint density at radius 1 is 0.952 bits per heavy atom. The van der Waals surface area contributed by atoms with Gasteiger partial charge < -0.3 is 0 Å². The molecule has 3 aliphatic carbocycles. The molecule has 4 heteroatoms. The van der Waals surface area contributed by atoms with E-state index in [0.29, 0.717) is 11.6 Å². The summed E-state index contributed by atoms with van der Waals surface area (Å²) >= 11 is 5.88. The van der Waals surface area contributed by atoms with Gasteiger partial charge >= 0.3 is 0 Å². The van der Waals surface area contributed by atoms with Crippen LogP contribution in [-0.2, 0) is 16.1 Å². The molecule has 1 saturated heterocycles. The van der Waals surface area contributed by atoms with Crippen molar-refractivity contribution >= 4 is 23.4 Å². The van der Waals surface area contributed by atoms with E-state index in [0.717, 1.165) is 18.4 Å². The largest absolute Gasteiger partial charge is 0.278 e. The van der Waals surface area contributed by atoms with E-state index in [4.69, 9.17) is 11.6 Å². The molecule has 0 radical (unpaired) electrons. The molecule has 2 fully saturated rings. The average Bonchev–Trinajstić information content (AvgIpc) is 2.78. The van der Waals surface area contributed by atoms with Crippen molar-refractivity contribution in [2.24, 2.45) is 23.7 Å². The van der Waals surface area contributed by atoms with Gasteiger partial charge in [-0.25, -0.2) is 0 Å². The Kier molecular flexibility index (Phi) is 2.93. The summed E-state index contributed by atoms with van der Waals surface area (Å²) in [6.07, 6.45) is 6.37.